The number of nitro benzene ring substituents is 2. The molecule has 0 bridgehead atoms. The molecule has 0 saturated heterocycles. The third-order valence-corrected chi connectivity index (χ3v) is 3.69. The molecule has 0 heterocycles. The van der Waals surface area contributed by atoms with Crippen molar-refractivity contribution in [2.45, 2.75) is 20.0 Å². The standard InChI is InChI=1S/C17H14N2O7/c1-10-14(18(22)23)8-13(9-15(10)19(24)25)17(21)26-11(2)16(20)12-6-4-3-5-7-12/h3-9,11H,1-2H3. The number of esters is 1. The van der Waals surface area contributed by atoms with E-state index in [1.54, 1.807) is 30.3 Å². The fourth-order valence-electron chi connectivity index (χ4n) is 2.30. The summed E-state index contributed by atoms with van der Waals surface area (Å²) in [6, 6.07) is 9.90. The number of carbonyl (C=O) groups is 2. The average Bonchev–Trinajstić information content (AvgIpc) is 2.61. The largest absolute Gasteiger partial charge is 0.451 e. The summed E-state index contributed by atoms with van der Waals surface area (Å²) >= 11 is 0. The molecule has 2 rings (SSSR count). The summed E-state index contributed by atoms with van der Waals surface area (Å²) < 4.78 is 5.03. The number of Topliss-reactive ketones (excluding diaryl/α,β-unsaturated/α-hetero) is 1. The Balaban J connectivity index is 2.30. The van der Waals surface area contributed by atoms with Crippen LogP contribution in [-0.4, -0.2) is 27.7 Å². The third kappa shape index (κ3) is 3.89. The highest BCUT2D eigenvalue weighted by Crippen LogP contribution is 2.29. The molecule has 0 aliphatic carbocycles. The van der Waals surface area contributed by atoms with Gasteiger partial charge >= 0.3 is 5.97 Å². The van der Waals surface area contributed by atoms with Gasteiger partial charge in [-0.05, 0) is 13.8 Å². The van der Waals surface area contributed by atoms with Crippen LogP contribution in [0, 0.1) is 27.2 Å². The maximum atomic E-state index is 12.2. The Morgan fingerprint density at radius 2 is 1.46 bits per heavy atom. The maximum Gasteiger partial charge on any atom is 0.339 e. The first-order chi connectivity index (χ1) is 12.2. The van der Waals surface area contributed by atoms with E-state index in [9.17, 15) is 29.8 Å². The van der Waals surface area contributed by atoms with Gasteiger partial charge in [0.05, 0.1) is 15.4 Å². The molecule has 9 nitrogen and oxygen atoms in total. The van der Waals surface area contributed by atoms with E-state index in [1.807, 2.05) is 0 Å². The quantitative estimate of drug-likeness (QED) is 0.335. The van der Waals surface area contributed by atoms with E-state index in [0.717, 1.165) is 12.1 Å². The smallest absolute Gasteiger partial charge is 0.339 e. The van der Waals surface area contributed by atoms with Gasteiger partial charge in [0.25, 0.3) is 11.4 Å². The molecule has 0 amide bonds. The van der Waals surface area contributed by atoms with Crippen LogP contribution in [0.5, 0.6) is 0 Å². The molecule has 0 N–H and O–H groups in total. The van der Waals surface area contributed by atoms with E-state index < -0.39 is 39.1 Å². The normalized spacial score (nSPS) is 11.5. The van der Waals surface area contributed by atoms with Gasteiger partial charge in [-0.25, -0.2) is 4.79 Å². The van der Waals surface area contributed by atoms with Crippen LogP contribution in [0.4, 0.5) is 11.4 Å². The molecule has 0 radical (unpaired) electrons. The number of nitro groups is 2. The van der Waals surface area contributed by atoms with E-state index >= 15 is 0 Å². The number of ether oxygens (including phenoxy) is 1. The second kappa shape index (κ2) is 7.51. The van der Waals surface area contributed by atoms with Gasteiger partial charge in [0.2, 0.25) is 5.78 Å². The van der Waals surface area contributed by atoms with Crippen LogP contribution < -0.4 is 0 Å². The molecular formula is C17H14N2O7. The van der Waals surface area contributed by atoms with Gasteiger partial charge in [0.1, 0.15) is 5.56 Å². The predicted octanol–water partition coefficient (Wildman–Crippen LogP) is 3.24. The van der Waals surface area contributed by atoms with Crippen molar-refractivity contribution in [1.29, 1.82) is 0 Å². The fourth-order valence-corrected chi connectivity index (χ4v) is 2.30. The van der Waals surface area contributed by atoms with Crippen LogP contribution in [0.15, 0.2) is 42.5 Å². The molecule has 2 aromatic rings. The summed E-state index contributed by atoms with van der Waals surface area (Å²) in [6.45, 7) is 2.57. The summed E-state index contributed by atoms with van der Waals surface area (Å²) in [5.41, 5.74) is -1.37. The van der Waals surface area contributed by atoms with Crippen molar-refractivity contribution in [2.75, 3.05) is 0 Å². The van der Waals surface area contributed by atoms with Gasteiger partial charge in [0.15, 0.2) is 6.10 Å². The number of benzene rings is 2. The lowest BCUT2D eigenvalue weighted by atomic mass is 10.1. The average molecular weight is 358 g/mol. The lowest BCUT2D eigenvalue weighted by Gasteiger charge is -2.12. The van der Waals surface area contributed by atoms with E-state index in [4.69, 9.17) is 4.74 Å². The zero-order valence-electron chi connectivity index (χ0n) is 13.9. The summed E-state index contributed by atoms with van der Waals surface area (Å²) in [4.78, 5) is 44.9. The fraction of sp³-hybridized carbons (Fsp3) is 0.176. The van der Waals surface area contributed by atoms with Crippen LogP contribution in [0.3, 0.4) is 0 Å². The predicted molar refractivity (Wildman–Crippen MR) is 90.1 cm³/mol. The molecule has 0 aromatic heterocycles. The first kappa shape index (κ1) is 18.7. The molecule has 0 aliphatic rings. The number of ketones is 1. The zero-order chi connectivity index (χ0) is 19.4. The summed E-state index contributed by atoms with van der Waals surface area (Å²) in [7, 11) is 0. The molecular weight excluding hydrogens is 344 g/mol. The van der Waals surface area contributed by atoms with Gasteiger partial charge in [-0.1, -0.05) is 30.3 Å². The monoisotopic (exact) mass is 358 g/mol. The van der Waals surface area contributed by atoms with Gasteiger partial charge in [-0.3, -0.25) is 25.0 Å². The van der Waals surface area contributed by atoms with Crippen LogP contribution in [0.2, 0.25) is 0 Å². The Hall–Kier alpha value is -3.62. The number of nitrogens with zero attached hydrogens (tertiary/aromatic N) is 2. The van der Waals surface area contributed by atoms with Gasteiger partial charge in [0, 0.05) is 17.7 Å². The molecule has 0 aliphatic heterocycles. The number of rotatable bonds is 6. The maximum absolute atomic E-state index is 12.2. The number of hydrogen-bond donors (Lipinski definition) is 0. The summed E-state index contributed by atoms with van der Waals surface area (Å²) in [6.07, 6.45) is -1.16. The van der Waals surface area contributed by atoms with Crippen LogP contribution >= 0.6 is 0 Å². The Bertz CT molecular complexity index is 858. The lowest BCUT2D eigenvalue weighted by Crippen LogP contribution is -2.24. The van der Waals surface area contributed by atoms with E-state index in [-0.39, 0.29) is 11.1 Å². The summed E-state index contributed by atoms with van der Waals surface area (Å²) in [5.74, 6) is -1.52. The van der Waals surface area contributed by atoms with Crippen molar-refractivity contribution < 1.29 is 24.2 Å². The highest BCUT2D eigenvalue weighted by molar-refractivity contribution is 6.01. The topological polar surface area (TPSA) is 130 Å². The molecule has 26 heavy (non-hydrogen) atoms. The van der Waals surface area contributed by atoms with Crippen molar-refractivity contribution in [1.82, 2.24) is 0 Å². The van der Waals surface area contributed by atoms with Crippen LogP contribution in [0.25, 0.3) is 0 Å². The number of carbonyl (C=O) groups excluding carboxylic acids is 2. The van der Waals surface area contributed by atoms with Crippen molar-refractivity contribution >= 4 is 23.1 Å². The molecule has 9 heteroatoms. The molecule has 1 atom stereocenters. The highest BCUT2D eigenvalue weighted by Gasteiger charge is 2.27. The highest BCUT2D eigenvalue weighted by atomic mass is 16.6. The zero-order valence-corrected chi connectivity index (χ0v) is 13.9. The van der Waals surface area contributed by atoms with Crippen molar-refractivity contribution in [3.05, 3.63) is 79.4 Å². The molecule has 0 saturated carbocycles. The summed E-state index contributed by atoms with van der Waals surface area (Å²) in [5, 5.41) is 22.1. The van der Waals surface area contributed by atoms with Crippen LogP contribution in [0.1, 0.15) is 33.2 Å². The second-order valence-electron chi connectivity index (χ2n) is 5.43. The molecule has 0 spiro atoms. The molecule has 134 valence electrons. The molecule has 2 aromatic carbocycles. The second-order valence-corrected chi connectivity index (χ2v) is 5.43. The lowest BCUT2D eigenvalue weighted by molar-refractivity contribution is -0.395. The Kier molecular flexibility index (Phi) is 5.41. The van der Waals surface area contributed by atoms with Crippen molar-refractivity contribution in [3.63, 3.8) is 0 Å². The van der Waals surface area contributed by atoms with Crippen molar-refractivity contribution in [2.24, 2.45) is 0 Å². The molecule has 1 unspecified atom stereocenters. The minimum absolute atomic E-state index is 0.176. The van der Waals surface area contributed by atoms with Crippen LogP contribution in [-0.2, 0) is 4.74 Å². The van der Waals surface area contributed by atoms with Crippen molar-refractivity contribution in [3.8, 4) is 0 Å². The van der Waals surface area contributed by atoms with Gasteiger partial charge in [-0.15, -0.1) is 0 Å². The number of hydrogen-bond acceptors (Lipinski definition) is 7. The minimum atomic E-state index is -1.16. The first-order valence-electron chi connectivity index (χ1n) is 7.46. The SMILES string of the molecule is Cc1c([N+](=O)[O-])cc(C(=O)OC(C)C(=O)c2ccccc2)cc1[N+](=O)[O-]. The minimum Gasteiger partial charge on any atom is -0.451 e. The van der Waals surface area contributed by atoms with E-state index in [1.165, 1.54) is 13.8 Å². The van der Waals surface area contributed by atoms with Gasteiger partial charge in [-0.2, -0.15) is 0 Å². The van der Waals surface area contributed by atoms with E-state index in [0.29, 0.717) is 5.56 Å². The van der Waals surface area contributed by atoms with Gasteiger partial charge < -0.3 is 4.74 Å². The Morgan fingerprint density at radius 3 is 1.92 bits per heavy atom. The molecule has 0 fully saturated rings. The third-order valence-electron chi connectivity index (χ3n) is 3.69. The van der Waals surface area contributed by atoms with E-state index in [2.05, 4.69) is 0 Å². The Labute approximate surface area is 147 Å². The first-order valence-corrected chi connectivity index (χ1v) is 7.46. The Morgan fingerprint density at radius 1 is 0.962 bits per heavy atom.